The number of rotatable bonds is 3. The summed E-state index contributed by atoms with van der Waals surface area (Å²) in [6.07, 6.45) is -5.40. The molecule has 0 aliphatic carbocycles. The van der Waals surface area contributed by atoms with Crippen molar-refractivity contribution in [1.82, 2.24) is 0 Å². The van der Waals surface area contributed by atoms with Crippen LogP contribution in [0, 0.1) is 5.92 Å². The fraction of sp³-hybridized carbons (Fsp3) is 0.538. The van der Waals surface area contributed by atoms with Gasteiger partial charge in [0.05, 0.1) is 23.2 Å². The highest BCUT2D eigenvalue weighted by Gasteiger charge is 2.36. The Morgan fingerprint density at radius 3 is 2.50 bits per heavy atom. The summed E-state index contributed by atoms with van der Waals surface area (Å²) in [5.41, 5.74) is -1.06. The first-order valence-electron chi connectivity index (χ1n) is 6.23. The van der Waals surface area contributed by atoms with Gasteiger partial charge in [-0.3, -0.25) is 0 Å². The Balaban J connectivity index is 2.16. The van der Waals surface area contributed by atoms with E-state index >= 15 is 0 Å². The van der Waals surface area contributed by atoms with Crippen LogP contribution in [-0.4, -0.2) is 25.0 Å². The van der Waals surface area contributed by atoms with E-state index in [-0.39, 0.29) is 29.4 Å². The molecule has 1 N–H and O–H groups in total. The predicted molar refractivity (Wildman–Crippen MR) is 67.8 cm³/mol. The van der Waals surface area contributed by atoms with Crippen molar-refractivity contribution >= 4 is 9.84 Å². The molecule has 0 amide bonds. The van der Waals surface area contributed by atoms with Crippen LogP contribution in [0.5, 0.6) is 0 Å². The maximum absolute atomic E-state index is 12.8. The Kier molecular flexibility index (Phi) is 4.11. The lowest BCUT2D eigenvalue weighted by atomic mass is 9.93. The second kappa shape index (κ2) is 5.37. The molecule has 1 aliphatic heterocycles. The molecule has 1 heterocycles. The van der Waals surface area contributed by atoms with Crippen molar-refractivity contribution < 1.29 is 26.7 Å². The third-order valence-corrected chi connectivity index (χ3v) is 5.35. The fourth-order valence-electron chi connectivity index (χ4n) is 2.55. The van der Waals surface area contributed by atoms with Crippen LogP contribution in [-0.2, 0) is 16.0 Å². The van der Waals surface area contributed by atoms with E-state index < -0.39 is 27.7 Å². The molecule has 2 unspecified atom stereocenters. The molecule has 1 aliphatic rings. The summed E-state index contributed by atoms with van der Waals surface area (Å²) in [4.78, 5) is 0. The van der Waals surface area contributed by atoms with Crippen LogP contribution >= 0.6 is 0 Å². The lowest BCUT2D eigenvalue weighted by Gasteiger charge is -2.19. The minimum atomic E-state index is -4.53. The average Bonchev–Trinajstić information content (AvgIpc) is 2.67. The van der Waals surface area contributed by atoms with E-state index in [1.165, 1.54) is 18.2 Å². The number of hydrogen-bond donors (Lipinski definition) is 1. The Morgan fingerprint density at radius 1 is 1.30 bits per heavy atom. The van der Waals surface area contributed by atoms with Crippen molar-refractivity contribution in [3.63, 3.8) is 0 Å². The largest absolute Gasteiger partial charge is 0.416 e. The Labute approximate surface area is 115 Å². The van der Waals surface area contributed by atoms with E-state index in [4.69, 9.17) is 0 Å². The molecule has 1 aromatic carbocycles. The van der Waals surface area contributed by atoms with Crippen LogP contribution in [0.15, 0.2) is 24.3 Å². The Morgan fingerprint density at radius 2 is 1.95 bits per heavy atom. The van der Waals surface area contributed by atoms with Crippen LogP contribution in [0.4, 0.5) is 13.2 Å². The maximum atomic E-state index is 12.8. The van der Waals surface area contributed by atoms with E-state index in [0.717, 1.165) is 6.07 Å². The molecule has 0 spiro atoms. The van der Waals surface area contributed by atoms with Gasteiger partial charge in [-0.2, -0.15) is 13.2 Å². The van der Waals surface area contributed by atoms with Crippen LogP contribution in [0.2, 0.25) is 0 Å². The monoisotopic (exact) mass is 308 g/mol. The first kappa shape index (κ1) is 15.3. The third kappa shape index (κ3) is 3.52. The molecule has 0 saturated carbocycles. The first-order chi connectivity index (χ1) is 9.19. The highest BCUT2D eigenvalue weighted by atomic mass is 32.2. The second-order valence-corrected chi connectivity index (χ2v) is 7.33. The van der Waals surface area contributed by atoms with Crippen molar-refractivity contribution in [2.75, 3.05) is 11.5 Å². The van der Waals surface area contributed by atoms with Crippen molar-refractivity contribution in [2.24, 2.45) is 5.92 Å². The van der Waals surface area contributed by atoms with Gasteiger partial charge in [-0.05, 0) is 30.4 Å². The van der Waals surface area contributed by atoms with Gasteiger partial charge < -0.3 is 5.11 Å². The minimum absolute atomic E-state index is 0.0341. The van der Waals surface area contributed by atoms with Gasteiger partial charge in [0, 0.05) is 0 Å². The van der Waals surface area contributed by atoms with E-state index in [2.05, 4.69) is 0 Å². The van der Waals surface area contributed by atoms with Gasteiger partial charge >= 0.3 is 6.18 Å². The van der Waals surface area contributed by atoms with Gasteiger partial charge in [0.2, 0.25) is 0 Å². The van der Waals surface area contributed by atoms with Gasteiger partial charge in [0.1, 0.15) is 0 Å². The van der Waals surface area contributed by atoms with Gasteiger partial charge in [0.15, 0.2) is 9.84 Å². The van der Waals surface area contributed by atoms with Crippen molar-refractivity contribution in [2.45, 2.75) is 25.1 Å². The smallest absolute Gasteiger partial charge is 0.388 e. The number of sulfone groups is 1. The normalized spacial score (nSPS) is 23.7. The standard InChI is InChI=1S/C13H15F3O3S/c14-13(15,16)11-4-2-1-3-10(11)12(17)7-9-5-6-20(18,19)8-9/h1-4,9,12,17H,5-8H2. The summed E-state index contributed by atoms with van der Waals surface area (Å²) < 4.78 is 61.2. The highest BCUT2D eigenvalue weighted by Crippen LogP contribution is 2.37. The third-order valence-electron chi connectivity index (χ3n) is 3.51. The number of hydrogen-bond acceptors (Lipinski definition) is 3. The molecule has 1 saturated heterocycles. The molecule has 1 aromatic rings. The van der Waals surface area contributed by atoms with Crippen LogP contribution < -0.4 is 0 Å². The van der Waals surface area contributed by atoms with E-state index in [0.29, 0.717) is 6.42 Å². The van der Waals surface area contributed by atoms with Crippen molar-refractivity contribution in [3.8, 4) is 0 Å². The van der Waals surface area contributed by atoms with Gasteiger partial charge in [0.25, 0.3) is 0 Å². The van der Waals surface area contributed by atoms with E-state index in [9.17, 15) is 26.7 Å². The molecule has 0 radical (unpaired) electrons. The van der Waals surface area contributed by atoms with Crippen LogP contribution in [0.1, 0.15) is 30.1 Å². The van der Waals surface area contributed by atoms with Crippen molar-refractivity contribution in [1.29, 1.82) is 0 Å². The van der Waals surface area contributed by atoms with Gasteiger partial charge in [-0.15, -0.1) is 0 Å². The highest BCUT2D eigenvalue weighted by molar-refractivity contribution is 7.91. The molecule has 2 atom stereocenters. The topological polar surface area (TPSA) is 54.4 Å². The van der Waals surface area contributed by atoms with Crippen molar-refractivity contribution in [3.05, 3.63) is 35.4 Å². The molecule has 3 nitrogen and oxygen atoms in total. The summed E-state index contributed by atoms with van der Waals surface area (Å²) in [5.74, 6) is -0.292. The number of benzene rings is 1. The van der Waals surface area contributed by atoms with E-state index in [1.807, 2.05) is 0 Å². The summed E-state index contributed by atoms with van der Waals surface area (Å²) in [6, 6.07) is 4.85. The molecule has 20 heavy (non-hydrogen) atoms. The van der Waals surface area contributed by atoms with Gasteiger partial charge in [-0.25, -0.2) is 8.42 Å². The zero-order chi connectivity index (χ0) is 15.0. The molecular weight excluding hydrogens is 293 g/mol. The lowest BCUT2D eigenvalue weighted by Crippen LogP contribution is -2.15. The summed E-state index contributed by atoms with van der Waals surface area (Å²) in [5, 5.41) is 10.0. The molecule has 0 aromatic heterocycles. The molecule has 0 bridgehead atoms. The SMILES string of the molecule is O=S1(=O)CCC(CC(O)c2ccccc2C(F)(F)F)C1. The zero-order valence-electron chi connectivity index (χ0n) is 10.6. The second-order valence-electron chi connectivity index (χ2n) is 5.11. The first-order valence-corrected chi connectivity index (χ1v) is 8.06. The molecule has 112 valence electrons. The Bertz CT molecular complexity index is 581. The number of halogens is 3. The number of alkyl halides is 3. The lowest BCUT2D eigenvalue weighted by molar-refractivity contribution is -0.139. The predicted octanol–water partition coefficient (Wildman–Crippen LogP) is 2.56. The molecule has 1 fully saturated rings. The molecule has 7 heteroatoms. The summed E-state index contributed by atoms with van der Waals surface area (Å²) in [7, 11) is -3.10. The van der Waals surface area contributed by atoms with Crippen LogP contribution in [0.25, 0.3) is 0 Å². The fourth-order valence-corrected chi connectivity index (χ4v) is 4.43. The summed E-state index contributed by atoms with van der Waals surface area (Å²) >= 11 is 0. The maximum Gasteiger partial charge on any atom is 0.416 e. The summed E-state index contributed by atoms with van der Waals surface area (Å²) in [6.45, 7) is 0. The van der Waals surface area contributed by atoms with Crippen LogP contribution in [0.3, 0.4) is 0 Å². The Hall–Kier alpha value is -1.08. The average molecular weight is 308 g/mol. The quantitative estimate of drug-likeness (QED) is 0.933. The zero-order valence-corrected chi connectivity index (χ0v) is 11.4. The molecule has 2 rings (SSSR count). The number of aliphatic hydroxyl groups excluding tert-OH is 1. The minimum Gasteiger partial charge on any atom is -0.388 e. The van der Waals surface area contributed by atoms with E-state index in [1.54, 1.807) is 0 Å². The molecular formula is C13H15F3O3S. The number of aliphatic hydroxyl groups is 1. The van der Waals surface area contributed by atoms with Gasteiger partial charge in [-0.1, -0.05) is 18.2 Å².